The Kier molecular flexibility index (Phi) is 5.10. The largest absolute Gasteiger partial charge is 0.403 e. The summed E-state index contributed by atoms with van der Waals surface area (Å²) in [6.07, 6.45) is 0. The van der Waals surface area contributed by atoms with Crippen molar-refractivity contribution in [3.8, 4) is 22.6 Å². The summed E-state index contributed by atoms with van der Waals surface area (Å²) in [5.74, 6) is -0.159. The van der Waals surface area contributed by atoms with E-state index in [0.717, 1.165) is 11.1 Å². The third-order valence-corrected chi connectivity index (χ3v) is 4.61. The van der Waals surface area contributed by atoms with Gasteiger partial charge < -0.3 is 4.42 Å². The highest BCUT2D eigenvalue weighted by molar-refractivity contribution is 6.36. The molecular formula is C21H13Cl2N3O2. The third kappa shape index (κ3) is 3.91. The average molecular weight is 410 g/mol. The highest BCUT2D eigenvalue weighted by Gasteiger charge is 2.15. The molecule has 0 aliphatic carbocycles. The zero-order valence-corrected chi connectivity index (χ0v) is 15.9. The summed E-state index contributed by atoms with van der Waals surface area (Å²) in [6.45, 7) is 0. The maximum Gasteiger partial charge on any atom is 0.322 e. The molecule has 1 amide bonds. The number of benzene rings is 3. The third-order valence-electron chi connectivity index (χ3n) is 4.06. The van der Waals surface area contributed by atoms with Crippen LogP contribution in [0.15, 0.2) is 77.2 Å². The van der Waals surface area contributed by atoms with E-state index in [1.807, 2.05) is 42.5 Å². The van der Waals surface area contributed by atoms with Gasteiger partial charge in [0.25, 0.3) is 11.8 Å². The minimum atomic E-state index is -0.350. The van der Waals surface area contributed by atoms with E-state index < -0.39 is 0 Å². The van der Waals surface area contributed by atoms with Gasteiger partial charge in [-0.2, -0.15) is 0 Å². The molecule has 0 fully saturated rings. The minimum absolute atomic E-state index is 0.0156. The van der Waals surface area contributed by atoms with E-state index in [4.69, 9.17) is 27.6 Å². The average Bonchev–Trinajstić information content (AvgIpc) is 3.17. The Morgan fingerprint density at radius 3 is 2.29 bits per heavy atom. The number of carbonyl (C=O) groups excluding carboxylic acids is 1. The molecule has 4 rings (SSSR count). The molecule has 0 unspecified atom stereocenters. The smallest absolute Gasteiger partial charge is 0.322 e. The lowest BCUT2D eigenvalue weighted by Gasteiger charge is -2.04. The van der Waals surface area contributed by atoms with Crippen molar-refractivity contribution in [3.63, 3.8) is 0 Å². The number of anilines is 1. The molecule has 28 heavy (non-hydrogen) atoms. The molecule has 7 heteroatoms. The van der Waals surface area contributed by atoms with Crippen molar-refractivity contribution in [2.24, 2.45) is 0 Å². The normalized spacial score (nSPS) is 10.6. The Morgan fingerprint density at radius 2 is 1.57 bits per heavy atom. The Bertz CT molecular complexity index is 1130. The summed E-state index contributed by atoms with van der Waals surface area (Å²) in [7, 11) is 0. The van der Waals surface area contributed by atoms with Gasteiger partial charge >= 0.3 is 6.01 Å². The van der Waals surface area contributed by atoms with Crippen molar-refractivity contribution in [2.45, 2.75) is 0 Å². The first-order chi connectivity index (χ1) is 13.6. The second kappa shape index (κ2) is 7.84. The zero-order chi connectivity index (χ0) is 19.5. The summed E-state index contributed by atoms with van der Waals surface area (Å²) in [5.41, 5.74) is 3.11. The molecule has 1 aromatic heterocycles. The molecule has 0 aliphatic rings. The first-order valence-corrected chi connectivity index (χ1v) is 9.11. The van der Waals surface area contributed by atoms with Gasteiger partial charge in [-0.15, -0.1) is 5.10 Å². The summed E-state index contributed by atoms with van der Waals surface area (Å²) in [6, 6.07) is 22.1. The Morgan fingerprint density at radius 1 is 0.857 bits per heavy atom. The SMILES string of the molecule is O=C(Nc1nnc(-c2ccc(Cl)cc2Cl)o1)c1ccc(-c2ccccc2)cc1. The predicted octanol–water partition coefficient (Wildman–Crippen LogP) is 5.96. The van der Waals surface area contributed by atoms with E-state index in [0.29, 0.717) is 21.2 Å². The number of amides is 1. The standard InChI is InChI=1S/C21H13Cl2N3O2/c22-16-10-11-17(18(23)12-16)20-25-26-21(28-20)24-19(27)15-8-6-14(7-9-15)13-4-2-1-3-5-13/h1-12H,(H,24,26,27). The van der Waals surface area contributed by atoms with E-state index in [9.17, 15) is 4.79 Å². The van der Waals surface area contributed by atoms with Crippen molar-refractivity contribution in [1.82, 2.24) is 10.2 Å². The van der Waals surface area contributed by atoms with Crippen LogP contribution in [0.1, 0.15) is 10.4 Å². The first kappa shape index (κ1) is 18.2. The van der Waals surface area contributed by atoms with Gasteiger partial charge in [0.05, 0.1) is 10.6 Å². The highest BCUT2D eigenvalue weighted by Crippen LogP contribution is 2.30. The molecule has 4 aromatic rings. The van der Waals surface area contributed by atoms with Gasteiger partial charge in [-0.1, -0.05) is 70.8 Å². The van der Waals surface area contributed by atoms with Crippen LogP contribution in [0.4, 0.5) is 6.01 Å². The summed E-state index contributed by atoms with van der Waals surface area (Å²) >= 11 is 12.0. The molecule has 5 nitrogen and oxygen atoms in total. The van der Waals surface area contributed by atoms with Gasteiger partial charge in [0.1, 0.15) is 0 Å². The Labute approximate surface area is 170 Å². The van der Waals surface area contributed by atoms with Crippen molar-refractivity contribution in [3.05, 3.63) is 88.4 Å². The fourth-order valence-electron chi connectivity index (χ4n) is 2.66. The number of halogens is 2. The van der Waals surface area contributed by atoms with Crippen LogP contribution >= 0.6 is 23.2 Å². The fourth-order valence-corrected chi connectivity index (χ4v) is 3.15. The maximum atomic E-state index is 12.4. The van der Waals surface area contributed by atoms with Gasteiger partial charge in [-0.3, -0.25) is 10.1 Å². The van der Waals surface area contributed by atoms with Crippen molar-refractivity contribution >= 4 is 35.1 Å². The zero-order valence-electron chi connectivity index (χ0n) is 14.4. The quantitative estimate of drug-likeness (QED) is 0.451. The van der Waals surface area contributed by atoms with E-state index in [1.165, 1.54) is 0 Å². The van der Waals surface area contributed by atoms with E-state index in [-0.39, 0.29) is 17.8 Å². The van der Waals surface area contributed by atoms with E-state index >= 15 is 0 Å². The predicted molar refractivity (Wildman–Crippen MR) is 110 cm³/mol. The van der Waals surface area contributed by atoms with Gasteiger partial charge in [-0.25, -0.2) is 0 Å². The minimum Gasteiger partial charge on any atom is -0.403 e. The second-order valence-electron chi connectivity index (χ2n) is 5.93. The lowest BCUT2D eigenvalue weighted by Crippen LogP contribution is -2.11. The molecule has 3 aromatic carbocycles. The van der Waals surface area contributed by atoms with Crippen LogP contribution < -0.4 is 5.32 Å². The molecule has 0 atom stereocenters. The van der Waals surface area contributed by atoms with Crippen molar-refractivity contribution in [2.75, 3.05) is 5.32 Å². The van der Waals surface area contributed by atoms with Crippen LogP contribution in [-0.4, -0.2) is 16.1 Å². The molecule has 0 spiro atoms. The number of nitrogens with zero attached hydrogens (tertiary/aromatic N) is 2. The molecule has 138 valence electrons. The summed E-state index contributed by atoms with van der Waals surface area (Å²) in [5, 5.41) is 11.2. The molecule has 0 saturated carbocycles. The lowest BCUT2D eigenvalue weighted by molar-refractivity contribution is 0.102. The molecular weight excluding hydrogens is 397 g/mol. The number of aromatic nitrogens is 2. The van der Waals surface area contributed by atoms with Crippen LogP contribution in [0.3, 0.4) is 0 Å². The number of rotatable bonds is 4. The maximum absolute atomic E-state index is 12.4. The second-order valence-corrected chi connectivity index (χ2v) is 6.78. The molecule has 0 bridgehead atoms. The first-order valence-electron chi connectivity index (χ1n) is 8.36. The van der Waals surface area contributed by atoms with Gasteiger partial charge in [0, 0.05) is 10.6 Å². The fraction of sp³-hybridized carbons (Fsp3) is 0. The highest BCUT2D eigenvalue weighted by atomic mass is 35.5. The number of carbonyl (C=O) groups is 1. The molecule has 0 saturated heterocycles. The molecule has 1 heterocycles. The van der Waals surface area contributed by atoms with Crippen LogP contribution in [0.25, 0.3) is 22.6 Å². The van der Waals surface area contributed by atoms with Crippen molar-refractivity contribution in [1.29, 1.82) is 0 Å². The van der Waals surface area contributed by atoms with E-state index in [2.05, 4.69) is 15.5 Å². The van der Waals surface area contributed by atoms with Gasteiger partial charge in [0.2, 0.25) is 0 Å². The van der Waals surface area contributed by atoms with Crippen LogP contribution in [0.2, 0.25) is 10.0 Å². The van der Waals surface area contributed by atoms with Crippen LogP contribution in [0, 0.1) is 0 Å². The van der Waals surface area contributed by atoms with Gasteiger partial charge in [-0.05, 0) is 41.5 Å². The van der Waals surface area contributed by atoms with Crippen LogP contribution in [0.5, 0.6) is 0 Å². The summed E-state index contributed by atoms with van der Waals surface area (Å²) < 4.78 is 5.49. The summed E-state index contributed by atoms with van der Waals surface area (Å²) in [4.78, 5) is 12.4. The van der Waals surface area contributed by atoms with E-state index in [1.54, 1.807) is 30.3 Å². The molecule has 0 radical (unpaired) electrons. The molecule has 1 N–H and O–H groups in total. The van der Waals surface area contributed by atoms with Crippen LogP contribution in [-0.2, 0) is 0 Å². The monoisotopic (exact) mass is 409 g/mol. The lowest BCUT2D eigenvalue weighted by atomic mass is 10.0. The molecule has 0 aliphatic heterocycles. The Hall–Kier alpha value is -3.15. The Balaban J connectivity index is 1.49. The van der Waals surface area contributed by atoms with Crippen molar-refractivity contribution < 1.29 is 9.21 Å². The number of nitrogens with one attached hydrogen (secondary N) is 1. The number of hydrogen-bond acceptors (Lipinski definition) is 4. The number of hydrogen-bond donors (Lipinski definition) is 1. The van der Waals surface area contributed by atoms with Gasteiger partial charge in [0.15, 0.2) is 0 Å². The topological polar surface area (TPSA) is 68.0 Å².